The SMILES string of the molecule is CN.Cc1cc2c(cc1-c1cnc(N)nc1)[nH]c1c(C=O)cnc(NC(C3CC3)C(F)(F)F)c12. The average Bonchev–Trinajstić information content (AvgIpc) is 3.58. The Morgan fingerprint density at radius 2 is 1.82 bits per heavy atom. The molecule has 0 aliphatic heterocycles. The summed E-state index contributed by atoms with van der Waals surface area (Å²) >= 11 is 0. The Bertz CT molecular complexity index is 1350. The van der Waals surface area contributed by atoms with Gasteiger partial charge in [-0.3, -0.25) is 4.79 Å². The van der Waals surface area contributed by atoms with Crippen LogP contribution in [-0.4, -0.2) is 45.5 Å². The summed E-state index contributed by atoms with van der Waals surface area (Å²) in [6.07, 6.45) is 1.78. The summed E-state index contributed by atoms with van der Waals surface area (Å²) in [7, 11) is 1.50. The highest BCUT2D eigenvalue weighted by Gasteiger charge is 2.49. The van der Waals surface area contributed by atoms with Gasteiger partial charge in [0.25, 0.3) is 0 Å². The number of nitrogens with one attached hydrogen (secondary N) is 2. The van der Waals surface area contributed by atoms with Crippen LogP contribution in [0.3, 0.4) is 0 Å². The quantitative estimate of drug-likeness (QED) is 0.320. The molecule has 1 aromatic carbocycles. The molecule has 5 rings (SSSR count). The number of aromatic nitrogens is 4. The van der Waals surface area contributed by atoms with E-state index >= 15 is 0 Å². The van der Waals surface area contributed by atoms with E-state index in [4.69, 9.17) is 5.73 Å². The summed E-state index contributed by atoms with van der Waals surface area (Å²) in [6.45, 7) is 1.89. The number of aryl methyl sites for hydroxylation is 1. The fourth-order valence-electron chi connectivity index (χ4n) is 4.11. The number of nitrogens with zero attached hydrogens (tertiary/aromatic N) is 3. The van der Waals surface area contributed by atoms with Crippen LogP contribution < -0.4 is 16.8 Å². The maximum absolute atomic E-state index is 13.6. The Morgan fingerprint density at radius 3 is 2.41 bits per heavy atom. The van der Waals surface area contributed by atoms with Gasteiger partial charge in [0.05, 0.1) is 16.5 Å². The molecule has 11 heteroatoms. The van der Waals surface area contributed by atoms with Crippen LogP contribution in [-0.2, 0) is 0 Å². The molecule has 1 saturated carbocycles. The average molecular weight is 471 g/mol. The molecule has 0 saturated heterocycles. The molecule has 178 valence electrons. The van der Waals surface area contributed by atoms with Crippen molar-refractivity contribution < 1.29 is 18.0 Å². The molecular formula is C23H24F3N7O. The van der Waals surface area contributed by atoms with E-state index in [0.29, 0.717) is 40.9 Å². The van der Waals surface area contributed by atoms with Crippen molar-refractivity contribution in [1.82, 2.24) is 19.9 Å². The summed E-state index contributed by atoms with van der Waals surface area (Å²) in [5.41, 5.74) is 13.9. The van der Waals surface area contributed by atoms with Crippen LogP contribution in [0.4, 0.5) is 24.9 Å². The highest BCUT2D eigenvalue weighted by Crippen LogP contribution is 2.43. The fraction of sp³-hybridized carbons (Fsp3) is 0.304. The largest absolute Gasteiger partial charge is 0.408 e. The van der Waals surface area contributed by atoms with Gasteiger partial charge in [-0.15, -0.1) is 0 Å². The molecule has 0 spiro atoms. The number of alkyl halides is 3. The molecule has 3 heterocycles. The second-order valence-corrected chi connectivity index (χ2v) is 8.10. The van der Waals surface area contributed by atoms with Crippen LogP contribution in [0.25, 0.3) is 32.9 Å². The third-order valence-electron chi connectivity index (χ3n) is 5.85. The highest BCUT2D eigenvalue weighted by atomic mass is 19.4. The number of aldehydes is 1. The third-order valence-corrected chi connectivity index (χ3v) is 5.85. The lowest BCUT2D eigenvalue weighted by molar-refractivity contribution is -0.146. The zero-order valence-corrected chi connectivity index (χ0v) is 18.6. The summed E-state index contributed by atoms with van der Waals surface area (Å²) in [5, 5.41) is 3.75. The molecule has 1 aliphatic carbocycles. The number of hydrogen-bond acceptors (Lipinski definition) is 7. The molecular weight excluding hydrogens is 447 g/mol. The standard InChI is InChI=1S/C22H19F3N6O.CH5N/c1-10-4-15-16(5-14(10)12-6-28-21(26)29-7-12)30-18-13(9-32)8-27-20(17(15)18)31-19(11-2-3-11)22(23,24)25;1-2/h4-9,11,19,30H,2-3H2,1H3,(H,27,31)(H2,26,28,29);2H2,1H3. The molecule has 8 nitrogen and oxygen atoms in total. The van der Waals surface area contributed by atoms with Gasteiger partial charge in [-0.2, -0.15) is 13.2 Å². The highest BCUT2D eigenvalue weighted by molar-refractivity contribution is 6.17. The Balaban J connectivity index is 0.00000133. The number of hydrogen-bond donors (Lipinski definition) is 4. The summed E-state index contributed by atoms with van der Waals surface area (Å²) < 4.78 is 40.9. The smallest absolute Gasteiger partial charge is 0.368 e. The summed E-state index contributed by atoms with van der Waals surface area (Å²) in [4.78, 5) is 27.0. The number of nitrogen functional groups attached to an aromatic ring is 1. The van der Waals surface area contributed by atoms with Crippen molar-refractivity contribution in [2.45, 2.75) is 32.0 Å². The van der Waals surface area contributed by atoms with Crippen LogP contribution >= 0.6 is 0 Å². The Morgan fingerprint density at radius 1 is 1.15 bits per heavy atom. The molecule has 34 heavy (non-hydrogen) atoms. The van der Waals surface area contributed by atoms with E-state index in [1.54, 1.807) is 12.4 Å². The number of fused-ring (bicyclic) bond motifs is 3. The van der Waals surface area contributed by atoms with Crippen LogP contribution in [0.15, 0.2) is 30.7 Å². The van der Waals surface area contributed by atoms with E-state index < -0.39 is 18.1 Å². The molecule has 0 amide bonds. The van der Waals surface area contributed by atoms with Crippen LogP contribution in [0.1, 0.15) is 28.8 Å². The molecule has 0 bridgehead atoms. The first-order chi connectivity index (χ1) is 16.3. The Kier molecular flexibility index (Phi) is 6.13. The molecule has 1 atom stereocenters. The maximum atomic E-state index is 13.6. The topological polar surface area (TPSA) is 136 Å². The molecule has 1 aliphatic rings. The van der Waals surface area contributed by atoms with Gasteiger partial charge in [0, 0.05) is 35.1 Å². The molecule has 3 aromatic heterocycles. The van der Waals surface area contributed by atoms with Gasteiger partial charge in [0.15, 0.2) is 6.29 Å². The molecule has 6 N–H and O–H groups in total. The first-order valence-corrected chi connectivity index (χ1v) is 10.7. The van der Waals surface area contributed by atoms with E-state index in [2.05, 4.69) is 31.0 Å². The molecule has 0 radical (unpaired) electrons. The van der Waals surface area contributed by atoms with Crippen LogP contribution in [0, 0.1) is 12.8 Å². The van der Waals surface area contributed by atoms with Gasteiger partial charge in [0.2, 0.25) is 5.95 Å². The molecule has 4 aromatic rings. The van der Waals surface area contributed by atoms with Crippen molar-refractivity contribution in [3.8, 4) is 11.1 Å². The second kappa shape index (κ2) is 8.90. The third kappa shape index (κ3) is 4.26. The van der Waals surface area contributed by atoms with Gasteiger partial charge in [-0.25, -0.2) is 15.0 Å². The predicted molar refractivity (Wildman–Crippen MR) is 125 cm³/mol. The molecule has 1 unspecified atom stereocenters. The van der Waals surface area contributed by atoms with E-state index in [0.717, 1.165) is 16.7 Å². The predicted octanol–water partition coefficient (Wildman–Crippen LogP) is 4.20. The van der Waals surface area contributed by atoms with Crippen LogP contribution in [0.2, 0.25) is 0 Å². The number of rotatable bonds is 5. The first-order valence-electron chi connectivity index (χ1n) is 10.7. The molecule has 1 fully saturated rings. The lowest BCUT2D eigenvalue weighted by Gasteiger charge is -2.22. The number of carbonyl (C=O) groups is 1. The first kappa shape index (κ1) is 23.4. The number of nitrogens with two attached hydrogens (primary N) is 2. The number of pyridine rings is 1. The lowest BCUT2D eigenvalue weighted by Crippen LogP contribution is -2.38. The van der Waals surface area contributed by atoms with Gasteiger partial charge >= 0.3 is 6.18 Å². The number of benzene rings is 1. The van der Waals surface area contributed by atoms with Crippen molar-refractivity contribution in [3.05, 3.63) is 41.9 Å². The number of H-pyrrole nitrogens is 1. The monoisotopic (exact) mass is 471 g/mol. The van der Waals surface area contributed by atoms with E-state index in [1.807, 2.05) is 19.1 Å². The minimum absolute atomic E-state index is 0.106. The lowest BCUT2D eigenvalue weighted by atomic mass is 10.00. The zero-order valence-electron chi connectivity index (χ0n) is 18.6. The van der Waals surface area contributed by atoms with Crippen molar-refractivity contribution >= 4 is 39.9 Å². The van der Waals surface area contributed by atoms with Crippen molar-refractivity contribution in [2.24, 2.45) is 11.7 Å². The second-order valence-electron chi connectivity index (χ2n) is 8.10. The van der Waals surface area contributed by atoms with E-state index in [-0.39, 0.29) is 17.3 Å². The number of carbonyl (C=O) groups excluding carboxylic acids is 1. The zero-order chi connectivity index (χ0) is 24.6. The van der Waals surface area contributed by atoms with Gasteiger partial charge in [-0.1, -0.05) is 0 Å². The number of halogens is 3. The minimum atomic E-state index is -4.40. The van der Waals surface area contributed by atoms with Crippen molar-refractivity contribution in [1.29, 1.82) is 0 Å². The van der Waals surface area contributed by atoms with Gasteiger partial charge < -0.3 is 21.8 Å². The minimum Gasteiger partial charge on any atom is -0.368 e. The van der Waals surface area contributed by atoms with Crippen LogP contribution in [0.5, 0.6) is 0 Å². The number of anilines is 2. The Labute approximate surface area is 193 Å². The van der Waals surface area contributed by atoms with Gasteiger partial charge in [-0.05, 0) is 56.0 Å². The summed E-state index contributed by atoms with van der Waals surface area (Å²) in [5.74, 6) is -0.207. The van der Waals surface area contributed by atoms with Gasteiger partial charge in [0.1, 0.15) is 11.9 Å². The summed E-state index contributed by atoms with van der Waals surface area (Å²) in [6, 6.07) is 2.04. The van der Waals surface area contributed by atoms with E-state index in [1.165, 1.54) is 13.2 Å². The fourth-order valence-corrected chi connectivity index (χ4v) is 4.11. The van der Waals surface area contributed by atoms with Crippen molar-refractivity contribution in [2.75, 3.05) is 18.1 Å². The normalized spacial score (nSPS) is 14.5. The Hall–Kier alpha value is -3.73. The van der Waals surface area contributed by atoms with E-state index in [9.17, 15) is 18.0 Å². The van der Waals surface area contributed by atoms with Crippen molar-refractivity contribution in [3.63, 3.8) is 0 Å². The maximum Gasteiger partial charge on any atom is 0.408 e. The number of aromatic amines is 1.